The van der Waals surface area contributed by atoms with Crippen LogP contribution in [0.5, 0.6) is 0 Å². The first kappa shape index (κ1) is 15.8. The number of nitrogens with zero attached hydrogens (tertiary/aromatic N) is 5. The Hall–Kier alpha value is -1.71. The summed E-state index contributed by atoms with van der Waals surface area (Å²) in [6, 6.07) is -0.242. The fourth-order valence-corrected chi connectivity index (χ4v) is 5.28. The van der Waals surface area contributed by atoms with Crippen LogP contribution in [-0.4, -0.2) is 45.2 Å². The van der Waals surface area contributed by atoms with Crippen LogP contribution >= 0.6 is 0 Å². The molecule has 1 unspecified atom stereocenters. The Morgan fingerprint density at radius 1 is 1.33 bits per heavy atom. The van der Waals surface area contributed by atoms with Crippen LogP contribution in [0.3, 0.4) is 0 Å². The number of imidazole rings is 1. The molecule has 0 amide bonds. The summed E-state index contributed by atoms with van der Waals surface area (Å²) < 4.78 is 36.6. The van der Waals surface area contributed by atoms with Crippen molar-refractivity contribution in [3.05, 3.63) is 29.5 Å². The normalized spacial score (nSPS) is 22.0. The van der Waals surface area contributed by atoms with Crippen molar-refractivity contribution >= 4 is 10.0 Å². The van der Waals surface area contributed by atoms with Gasteiger partial charge in [0.05, 0.1) is 31.3 Å². The van der Waals surface area contributed by atoms with Crippen molar-refractivity contribution in [3.63, 3.8) is 0 Å². The average molecular weight is 351 g/mol. The van der Waals surface area contributed by atoms with Crippen molar-refractivity contribution in [3.8, 4) is 0 Å². The zero-order chi connectivity index (χ0) is 16.9. The molecule has 0 aliphatic carbocycles. The number of hydrogen-bond acceptors (Lipinski definition) is 5. The highest BCUT2D eigenvalue weighted by molar-refractivity contribution is 7.89. The molecule has 2 aromatic heterocycles. The molecule has 0 aromatic carbocycles. The van der Waals surface area contributed by atoms with E-state index in [9.17, 15) is 8.42 Å². The van der Waals surface area contributed by atoms with E-state index in [-0.39, 0.29) is 11.1 Å². The Bertz CT molecular complexity index is 870. The van der Waals surface area contributed by atoms with Crippen LogP contribution in [0.1, 0.15) is 35.8 Å². The predicted octanol–water partition coefficient (Wildman–Crippen LogP) is 0.752. The number of rotatable bonds is 3. The van der Waals surface area contributed by atoms with Gasteiger partial charge in [0.1, 0.15) is 0 Å². The first-order valence-corrected chi connectivity index (χ1v) is 9.54. The van der Waals surface area contributed by atoms with Crippen LogP contribution in [0.25, 0.3) is 0 Å². The highest BCUT2D eigenvalue weighted by atomic mass is 32.2. The van der Waals surface area contributed by atoms with E-state index in [1.54, 1.807) is 22.1 Å². The molecule has 0 N–H and O–H groups in total. The summed E-state index contributed by atoms with van der Waals surface area (Å²) in [5.74, 6) is 0. The molecular weight excluding hydrogens is 330 g/mol. The molecule has 0 radical (unpaired) electrons. The number of aryl methyl sites for hydroxylation is 2. The molecule has 1 saturated heterocycles. The summed E-state index contributed by atoms with van der Waals surface area (Å²) in [5.41, 5.74) is 3.04. The van der Waals surface area contributed by atoms with Crippen molar-refractivity contribution in [2.24, 2.45) is 14.1 Å². The van der Waals surface area contributed by atoms with E-state index in [4.69, 9.17) is 4.74 Å². The lowest BCUT2D eigenvalue weighted by atomic mass is 10.0. The van der Waals surface area contributed by atoms with E-state index < -0.39 is 10.0 Å². The zero-order valence-corrected chi connectivity index (χ0v) is 14.7. The van der Waals surface area contributed by atoms with E-state index in [0.717, 1.165) is 36.2 Å². The van der Waals surface area contributed by atoms with Gasteiger partial charge in [0.25, 0.3) is 10.0 Å². The number of hydrogen-bond donors (Lipinski definition) is 0. The molecule has 8 nitrogen and oxygen atoms in total. The molecule has 4 rings (SSSR count). The summed E-state index contributed by atoms with van der Waals surface area (Å²) in [5, 5.41) is 4.74. The van der Waals surface area contributed by atoms with E-state index in [0.29, 0.717) is 19.8 Å². The van der Waals surface area contributed by atoms with Crippen LogP contribution in [0.15, 0.2) is 17.6 Å². The highest BCUT2D eigenvalue weighted by Gasteiger charge is 2.40. The van der Waals surface area contributed by atoms with E-state index in [1.165, 1.54) is 6.33 Å². The quantitative estimate of drug-likeness (QED) is 0.815. The van der Waals surface area contributed by atoms with Crippen molar-refractivity contribution in [1.29, 1.82) is 0 Å². The monoisotopic (exact) mass is 351 g/mol. The fourth-order valence-electron chi connectivity index (χ4n) is 3.65. The molecule has 2 aliphatic rings. The van der Waals surface area contributed by atoms with Crippen LogP contribution in [-0.2, 0) is 41.9 Å². The molecule has 2 aliphatic heterocycles. The lowest BCUT2D eigenvalue weighted by Gasteiger charge is -2.23. The molecule has 1 atom stereocenters. The summed E-state index contributed by atoms with van der Waals surface area (Å²) in [7, 11) is 0.0596. The van der Waals surface area contributed by atoms with Gasteiger partial charge in [-0.15, -0.1) is 0 Å². The van der Waals surface area contributed by atoms with Crippen molar-refractivity contribution in [2.45, 2.75) is 36.9 Å². The van der Waals surface area contributed by atoms with Gasteiger partial charge in [0, 0.05) is 44.5 Å². The van der Waals surface area contributed by atoms with Gasteiger partial charge < -0.3 is 9.30 Å². The standard InChI is InChI=1S/C15H21N5O3S/c1-18-8-14(16-10-18)24(21,22)20-6-3-4-13(20)15-11-9-23-7-5-12(11)19(2)17-15/h8,10,13H,3-7,9H2,1-2H3. The number of ether oxygens (including phenoxy) is 1. The van der Waals surface area contributed by atoms with Gasteiger partial charge in [0.2, 0.25) is 0 Å². The lowest BCUT2D eigenvalue weighted by Crippen LogP contribution is -2.31. The minimum atomic E-state index is -3.62. The Morgan fingerprint density at radius 2 is 2.17 bits per heavy atom. The van der Waals surface area contributed by atoms with E-state index in [1.807, 2.05) is 11.7 Å². The maximum atomic E-state index is 13.0. The largest absolute Gasteiger partial charge is 0.376 e. The van der Waals surface area contributed by atoms with E-state index >= 15 is 0 Å². The van der Waals surface area contributed by atoms with Crippen molar-refractivity contribution < 1.29 is 13.2 Å². The van der Waals surface area contributed by atoms with Gasteiger partial charge in [0.15, 0.2) is 5.03 Å². The lowest BCUT2D eigenvalue weighted by molar-refractivity contribution is 0.108. The first-order chi connectivity index (χ1) is 11.5. The van der Waals surface area contributed by atoms with Crippen LogP contribution in [0.4, 0.5) is 0 Å². The minimum absolute atomic E-state index is 0.0953. The van der Waals surface area contributed by atoms with E-state index in [2.05, 4.69) is 10.1 Å². The van der Waals surface area contributed by atoms with Gasteiger partial charge in [-0.2, -0.15) is 9.40 Å². The Kier molecular flexibility index (Phi) is 3.74. The Labute approximate surface area is 141 Å². The third-order valence-corrected chi connectivity index (χ3v) is 6.60. The minimum Gasteiger partial charge on any atom is -0.376 e. The average Bonchev–Trinajstić information content (AvgIpc) is 3.27. The maximum absolute atomic E-state index is 13.0. The molecule has 4 heterocycles. The third-order valence-electron chi connectivity index (χ3n) is 4.81. The molecule has 1 fully saturated rings. The fraction of sp³-hybridized carbons (Fsp3) is 0.600. The Morgan fingerprint density at radius 3 is 2.92 bits per heavy atom. The highest BCUT2D eigenvalue weighted by Crippen LogP contribution is 2.38. The summed E-state index contributed by atoms with van der Waals surface area (Å²) >= 11 is 0. The van der Waals surface area contributed by atoms with Crippen LogP contribution < -0.4 is 0 Å². The molecular formula is C15H21N5O3S. The molecule has 24 heavy (non-hydrogen) atoms. The second-order valence-corrected chi connectivity index (χ2v) is 8.23. The molecule has 0 spiro atoms. The summed E-state index contributed by atoms with van der Waals surface area (Å²) in [4.78, 5) is 4.04. The van der Waals surface area contributed by atoms with Crippen LogP contribution in [0.2, 0.25) is 0 Å². The second-order valence-electron chi connectivity index (χ2n) is 6.39. The molecule has 130 valence electrons. The van der Waals surface area contributed by atoms with Gasteiger partial charge in [-0.05, 0) is 12.8 Å². The topological polar surface area (TPSA) is 82.3 Å². The zero-order valence-electron chi connectivity index (χ0n) is 13.8. The van der Waals surface area contributed by atoms with Gasteiger partial charge in [-0.25, -0.2) is 13.4 Å². The summed E-state index contributed by atoms with van der Waals surface area (Å²) in [6.07, 6.45) is 5.47. The molecule has 2 aromatic rings. The van der Waals surface area contributed by atoms with Gasteiger partial charge in [-0.3, -0.25) is 4.68 Å². The van der Waals surface area contributed by atoms with Crippen molar-refractivity contribution in [2.75, 3.05) is 13.2 Å². The molecule has 9 heteroatoms. The number of aromatic nitrogens is 4. The predicted molar refractivity (Wildman–Crippen MR) is 85.6 cm³/mol. The number of fused-ring (bicyclic) bond motifs is 1. The molecule has 0 saturated carbocycles. The number of sulfonamides is 1. The van der Waals surface area contributed by atoms with Gasteiger partial charge in [-0.1, -0.05) is 0 Å². The SMILES string of the molecule is Cn1cnc(S(=O)(=O)N2CCCC2c2nn(C)c3c2COCC3)c1. The molecule has 0 bridgehead atoms. The Balaban J connectivity index is 1.74. The first-order valence-electron chi connectivity index (χ1n) is 8.10. The summed E-state index contributed by atoms with van der Waals surface area (Å²) in [6.45, 7) is 1.69. The van der Waals surface area contributed by atoms with Crippen molar-refractivity contribution in [1.82, 2.24) is 23.6 Å². The smallest absolute Gasteiger partial charge is 0.262 e. The third kappa shape index (κ3) is 2.38. The van der Waals surface area contributed by atoms with Crippen LogP contribution in [0, 0.1) is 0 Å². The second kappa shape index (κ2) is 5.68. The van der Waals surface area contributed by atoms with Gasteiger partial charge >= 0.3 is 0 Å². The maximum Gasteiger partial charge on any atom is 0.262 e.